The van der Waals surface area contributed by atoms with Crippen LogP contribution in [-0.2, 0) is 22.4 Å². The van der Waals surface area contributed by atoms with E-state index in [-0.39, 0.29) is 30.3 Å². The van der Waals surface area contributed by atoms with Gasteiger partial charge in [0.05, 0.1) is 17.0 Å². The Hall–Kier alpha value is -3.53. The fraction of sp³-hybridized carbons (Fsp3) is 0.462. The maximum atomic E-state index is 14.4. The van der Waals surface area contributed by atoms with Crippen molar-refractivity contribution < 1.29 is 13.9 Å². The number of carbonyl (C=O) groups excluding carboxylic acids is 1. The number of nitroso groups, excluding NO2 is 1. The molecule has 0 bridgehead atoms. The molecule has 3 heterocycles. The number of benzene rings is 1. The lowest BCUT2D eigenvalue weighted by Crippen LogP contribution is -2.34. The maximum absolute atomic E-state index is 14.4. The van der Waals surface area contributed by atoms with E-state index in [1.165, 1.54) is 18.0 Å². The first-order chi connectivity index (χ1) is 17.6. The lowest BCUT2D eigenvalue weighted by atomic mass is 9.79. The summed E-state index contributed by atoms with van der Waals surface area (Å²) in [6, 6.07) is 7.85. The van der Waals surface area contributed by atoms with Gasteiger partial charge in [-0.1, -0.05) is 12.1 Å². The number of pyridine rings is 1. The Morgan fingerprint density at radius 2 is 2.14 bits per heavy atom. The van der Waals surface area contributed by atoms with Gasteiger partial charge in [0, 0.05) is 30.4 Å². The van der Waals surface area contributed by atoms with Crippen LogP contribution in [0.4, 0.5) is 16.0 Å². The molecule has 2 aliphatic rings. The summed E-state index contributed by atoms with van der Waals surface area (Å²) in [7, 11) is 0. The van der Waals surface area contributed by atoms with E-state index in [2.05, 4.69) is 37.9 Å². The second-order valence-electron chi connectivity index (χ2n) is 9.48. The monoisotopic (exact) mass is 492 g/mol. The number of aromatic nitrogens is 3. The summed E-state index contributed by atoms with van der Waals surface area (Å²) in [6.07, 6.45) is 7.81. The van der Waals surface area contributed by atoms with Crippen LogP contribution in [0, 0.1) is 16.6 Å². The van der Waals surface area contributed by atoms with Crippen molar-refractivity contribution in [1.29, 1.82) is 0 Å². The predicted octanol–water partition coefficient (Wildman–Crippen LogP) is 4.41. The molecule has 36 heavy (non-hydrogen) atoms. The molecule has 10 heteroatoms. The highest BCUT2D eigenvalue weighted by Crippen LogP contribution is 2.34. The van der Waals surface area contributed by atoms with Crippen LogP contribution in [0.5, 0.6) is 0 Å². The molecule has 0 radical (unpaired) electrons. The van der Waals surface area contributed by atoms with Crippen molar-refractivity contribution in [3.63, 3.8) is 0 Å². The van der Waals surface area contributed by atoms with Gasteiger partial charge in [0.15, 0.2) is 0 Å². The molecule has 0 spiro atoms. The van der Waals surface area contributed by atoms with E-state index in [0.717, 1.165) is 56.6 Å². The Morgan fingerprint density at radius 3 is 3.00 bits per heavy atom. The molecule has 1 aromatic carbocycles. The average molecular weight is 493 g/mol. The van der Waals surface area contributed by atoms with Gasteiger partial charge in [0.25, 0.3) is 0 Å². The molecule has 9 nitrogen and oxygen atoms in total. The van der Waals surface area contributed by atoms with Crippen molar-refractivity contribution in [2.45, 2.75) is 57.1 Å². The van der Waals surface area contributed by atoms with E-state index in [1.807, 2.05) is 0 Å². The minimum atomic E-state index is -0.959. The smallest absolute Gasteiger partial charge is 0.308 e. The second-order valence-corrected chi connectivity index (χ2v) is 9.48. The number of ether oxygens (including phenoxy) is 1. The van der Waals surface area contributed by atoms with E-state index in [9.17, 15) is 14.1 Å². The van der Waals surface area contributed by atoms with Gasteiger partial charge in [-0.15, -0.1) is 4.91 Å². The SMILES string of the molecule is O=NC(=O)C(CCO[C@H]1C[C@H](CCc2ccc3c(n2)NCCC3)C1)Nc1ncnc2cccc(F)c12. The van der Waals surface area contributed by atoms with Crippen LogP contribution in [-0.4, -0.2) is 46.2 Å². The van der Waals surface area contributed by atoms with E-state index >= 15 is 0 Å². The molecule has 3 aromatic rings. The largest absolute Gasteiger partial charge is 0.378 e. The van der Waals surface area contributed by atoms with Gasteiger partial charge in [0.1, 0.15) is 29.8 Å². The highest BCUT2D eigenvalue weighted by Gasteiger charge is 2.30. The first-order valence-corrected chi connectivity index (χ1v) is 12.5. The Kier molecular flexibility index (Phi) is 7.41. The third kappa shape index (κ3) is 5.48. The van der Waals surface area contributed by atoms with E-state index in [4.69, 9.17) is 9.72 Å². The van der Waals surface area contributed by atoms with Crippen LogP contribution in [0.2, 0.25) is 0 Å². The molecule has 1 saturated carbocycles. The molecular weight excluding hydrogens is 463 g/mol. The fourth-order valence-corrected chi connectivity index (χ4v) is 4.92. The van der Waals surface area contributed by atoms with Crippen molar-refractivity contribution in [1.82, 2.24) is 15.0 Å². The zero-order valence-corrected chi connectivity index (χ0v) is 20.0. The van der Waals surface area contributed by atoms with Gasteiger partial charge in [-0.3, -0.25) is 4.79 Å². The first-order valence-electron chi connectivity index (χ1n) is 12.5. The normalized spacial score (nSPS) is 19.6. The molecule has 1 amide bonds. The fourth-order valence-electron chi connectivity index (χ4n) is 4.92. The van der Waals surface area contributed by atoms with Gasteiger partial charge in [0.2, 0.25) is 0 Å². The lowest BCUT2D eigenvalue weighted by Gasteiger charge is -2.35. The quantitative estimate of drug-likeness (QED) is 0.400. The standard InChI is InChI=1S/C26H29FN6O3/c27-20-4-1-5-21-23(20)25(30-15-29-21)32-22(26(34)33-35)10-12-36-19-13-16(14-19)6-8-18-9-7-17-3-2-11-28-24(17)31-18/h1,4-5,7,9,15-16,19,22H,2-3,6,8,10-14H2,(H,28,31)(H,29,30,32)/t16-,19-,22?. The molecule has 1 unspecified atom stereocenters. The molecule has 0 saturated heterocycles. The minimum Gasteiger partial charge on any atom is -0.378 e. The molecular formula is C26H29FN6O3. The summed E-state index contributed by atoms with van der Waals surface area (Å²) >= 11 is 0. The summed E-state index contributed by atoms with van der Waals surface area (Å²) in [5, 5.41) is 8.97. The predicted molar refractivity (Wildman–Crippen MR) is 134 cm³/mol. The van der Waals surface area contributed by atoms with Gasteiger partial charge >= 0.3 is 5.91 Å². The second kappa shape index (κ2) is 11.0. The summed E-state index contributed by atoms with van der Waals surface area (Å²) in [5.41, 5.74) is 2.82. The van der Waals surface area contributed by atoms with Crippen LogP contribution in [0.15, 0.2) is 41.8 Å². The van der Waals surface area contributed by atoms with E-state index < -0.39 is 17.8 Å². The number of hydrogen-bond donors (Lipinski definition) is 2. The zero-order valence-electron chi connectivity index (χ0n) is 20.0. The molecule has 1 aliphatic heterocycles. The number of fused-ring (bicyclic) bond motifs is 2. The number of halogens is 1. The molecule has 2 N–H and O–H groups in total. The van der Waals surface area contributed by atoms with Crippen LogP contribution in [0.3, 0.4) is 0 Å². The van der Waals surface area contributed by atoms with Gasteiger partial charge in [-0.2, -0.15) is 0 Å². The van der Waals surface area contributed by atoms with Gasteiger partial charge in [-0.05, 0) is 68.2 Å². The Morgan fingerprint density at radius 1 is 1.25 bits per heavy atom. The maximum Gasteiger partial charge on any atom is 0.308 e. The summed E-state index contributed by atoms with van der Waals surface area (Å²) in [4.78, 5) is 35.9. The van der Waals surface area contributed by atoms with Gasteiger partial charge in [-0.25, -0.2) is 19.3 Å². The Balaban J connectivity index is 1.08. The van der Waals surface area contributed by atoms with Crippen molar-refractivity contribution in [3.8, 4) is 0 Å². The number of rotatable bonds is 10. The molecule has 188 valence electrons. The number of nitrogens with one attached hydrogen (secondary N) is 2. The molecule has 1 fully saturated rings. The van der Waals surface area contributed by atoms with Crippen LogP contribution in [0.1, 0.15) is 43.4 Å². The van der Waals surface area contributed by atoms with Crippen molar-refractivity contribution in [2.24, 2.45) is 11.1 Å². The number of carbonyl (C=O) groups is 1. The number of nitrogens with zero attached hydrogens (tertiary/aromatic N) is 4. The Bertz CT molecular complexity index is 1240. The third-order valence-electron chi connectivity index (χ3n) is 7.02. The third-order valence-corrected chi connectivity index (χ3v) is 7.02. The first kappa shape index (κ1) is 24.2. The van der Waals surface area contributed by atoms with Gasteiger partial charge < -0.3 is 15.4 Å². The number of anilines is 2. The molecule has 2 aromatic heterocycles. The molecule has 1 aliphatic carbocycles. The molecule has 5 rings (SSSR count). The van der Waals surface area contributed by atoms with Crippen LogP contribution < -0.4 is 10.6 Å². The number of hydrogen-bond acceptors (Lipinski definition) is 8. The minimum absolute atomic E-state index is 0.130. The number of amides is 1. The highest BCUT2D eigenvalue weighted by atomic mass is 19.1. The van der Waals surface area contributed by atoms with Crippen LogP contribution >= 0.6 is 0 Å². The van der Waals surface area contributed by atoms with E-state index in [0.29, 0.717) is 11.4 Å². The topological polar surface area (TPSA) is 118 Å². The van der Waals surface area contributed by atoms with E-state index in [1.54, 1.807) is 12.1 Å². The summed E-state index contributed by atoms with van der Waals surface area (Å²) in [5.74, 6) is 0.381. The average Bonchev–Trinajstić information content (AvgIpc) is 2.88. The van der Waals surface area contributed by atoms with Crippen molar-refractivity contribution >= 4 is 28.4 Å². The van der Waals surface area contributed by atoms with Crippen molar-refractivity contribution in [2.75, 3.05) is 23.8 Å². The summed E-state index contributed by atoms with van der Waals surface area (Å²) in [6.45, 7) is 1.27. The Labute approximate surface area is 208 Å². The van der Waals surface area contributed by atoms with Crippen LogP contribution in [0.25, 0.3) is 10.9 Å². The number of aryl methyl sites for hydroxylation is 2. The lowest BCUT2D eigenvalue weighted by molar-refractivity contribution is -0.119. The molecule has 1 atom stereocenters. The zero-order chi connectivity index (χ0) is 24.9. The highest BCUT2D eigenvalue weighted by molar-refractivity contribution is 5.92. The van der Waals surface area contributed by atoms with Crippen molar-refractivity contribution in [3.05, 3.63) is 58.6 Å². The summed E-state index contributed by atoms with van der Waals surface area (Å²) < 4.78 is 20.3.